The van der Waals surface area contributed by atoms with Crippen LogP contribution in [-0.2, 0) is 24.2 Å². The van der Waals surface area contributed by atoms with E-state index in [0.29, 0.717) is 6.54 Å². The number of aryl methyl sites for hydroxylation is 2. The maximum Gasteiger partial charge on any atom is 0.239 e. The van der Waals surface area contributed by atoms with Crippen molar-refractivity contribution in [2.24, 2.45) is 5.73 Å². The smallest absolute Gasteiger partial charge is 0.239 e. The van der Waals surface area contributed by atoms with Gasteiger partial charge in [0, 0.05) is 12.8 Å². The van der Waals surface area contributed by atoms with Gasteiger partial charge in [-0.05, 0) is 19.9 Å². The summed E-state index contributed by atoms with van der Waals surface area (Å²) < 4.78 is 1.80. The fourth-order valence-corrected chi connectivity index (χ4v) is 1.89. The molecule has 0 saturated heterocycles. The van der Waals surface area contributed by atoms with Gasteiger partial charge in [-0.2, -0.15) is 5.10 Å². The number of nitrogens with zero attached hydrogens (tertiary/aromatic N) is 3. The third-order valence-electron chi connectivity index (χ3n) is 3.20. The van der Waals surface area contributed by atoms with E-state index in [4.69, 9.17) is 5.73 Å². The van der Waals surface area contributed by atoms with Crippen molar-refractivity contribution in [1.29, 1.82) is 0 Å². The van der Waals surface area contributed by atoms with Crippen molar-refractivity contribution in [3.63, 3.8) is 0 Å². The molecule has 19 heavy (non-hydrogen) atoms. The highest BCUT2D eigenvalue weighted by atomic mass is 16.1. The van der Waals surface area contributed by atoms with Crippen molar-refractivity contribution in [3.05, 3.63) is 11.6 Å². The Hall–Kier alpha value is -1.43. The van der Waals surface area contributed by atoms with E-state index >= 15 is 0 Å². The minimum atomic E-state index is -0.793. The maximum atomic E-state index is 11.7. The molecule has 6 nitrogen and oxygen atoms in total. The largest absolute Gasteiger partial charge is 0.368 e. The monoisotopic (exact) mass is 267 g/mol. The lowest BCUT2D eigenvalue weighted by Crippen LogP contribution is -2.56. The summed E-state index contributed by atoms with van der Waals surface area (Å²) in [6.07, 6.45) is 2.52. The third kappa shape index (κ3) is 3.76. The Balaban J connectivity index is 2.95. The van der Waals surface area contributed by atoms with Crippen LogP contribution in [0.5, 0.6) is 0 Å². The molecule has 0 spiro atoms. The second kappa shape index (κ2) is 6.65. The van der Waals surface area contributed by atoms with Crippen molar-refractivity contribution >= 4 is 5.91 Å². The summed E-state index contributed by atoms with van der Waals surface area (Å²) in [5.74, 6) is 1.33. The Labute approximate surface area is 114 Å². The van der Waals surface area contributed by atoms with Gasteiger partial charge in [0.05, 0.1) is 6.54 Å². The van der Waals surface area contributed by atoms with Gasteiger partial charge in [0.15, 0.2) is 5.82 Å². The van der Waals surface area contributed by atoms with E-state index in [-0.39, 0.29) is 5.91 Å². The number of aromatic nitrogens is 3. The minimum Gasteiger partial charge on any atom is -0.368 e. The van der Waals surface area contributed by atoms with Crippen LogP contribution in [0.25, 0.3) is 0 Å². The molecule has 3 N–H and O–H groups in total. The molecule has 0 aliphatic carbocycles. The van der Waals surface area contributed by atoms with Gasteiger partial charge in [-0.3, -0.25) is 4.79 Å². The Morgan fingerprint density at radius 1 is 1.37 bits per heavy atom. The van der Waals surface area contributed by atoms with Gasteiger partial charge in [0.1, 0.15) is 11.4 Å². The van der Waals surface area contributed by atoms with Gasteiger partial charge in [0.2, 0.25) is 5.91 Å². The van der Waals surface area contributed by atoms with Crippen molar-refractivity contribution in [2.75, 3.05) is 6.54 Å². The molecule has 6 heteroatoms. The molecule has 1 amide bonds. The molecule has 1 rings (SSSR count). The van der Waals surface area contributed by atoms with Crippen LogP contribution in [0.15, 0.2) is 0 Å². The van der Waals surface area contributed by atoms with Crippen molar-refractivity contribution in [1.82, 2.24) is 20.1 Å². The van der Waals surface area contributed by atoms with Crippen LogP contribution in [0.4, 0.5) is 0 Å². The average molecular weight is 267 g/mol. The van der Waals surface area contributed by atoms with Gasteiger partial charge in [0.25, 0.3) is 0 Å². The predicted molar refractivity (Wildman–Crippen MR) is 74.7 cm³/mol. The van der Waals surface area contributed by atoms with E-state index < -0.39 is 5.54 Å². The minimum absolute atomic E-state index is 0.364. The SMILES string of the molecule is CCCNC(C)(Cn1nc(CC)nc1CC)C(N)=O. The summed E-state index contributed by atoms with van der Waals surface area (Å²) in [6.45, 7) is 9.08. The lowest BCUT2D eigenvalue weighted by atomic mass is 10.0. The summed E-state index contributed by atoms with van der Waals surface area (Å²) in [5.41, 5.74) is 4.73. The standard InChI is InChI=1S/C13H25N5O/c1-5-8-15-13(4,12(14)19)9-18-11(7-3)16-10(6-2)17-18/h15H,5-9H2,1-4H3,(H2,14,19). The van der Waals surface area contributed by atoms with E-state index in [2.05, 4.69) is 22.3 Å². The van der Waals surface area contributed by atoms with Crippen molar-refractivity contribution in [2.45, 2.75) is 59.0 Å². The summed E-state index contributed by atoms with van der Waals surface area (Å²) in [6, 6.07) is 0. The van der Waals surface area contributed by atoms with E-state index in [1.54, 1.807) is 4.68 Å². The van der Waals surface area contributed by atoms with E-state index in [1.807, 2.05) is 20.8 Å². The van der Waals surface area contributed by atoms with Gasteiger partial charge < -0.3 is 11.1 Å². The number of rotatable bonds is 8. The molecule has 0 saturated carbocycles. The van der Waals surface area contributed by atoms with Gasteiger partial charge in [-0.1, -0.05) is 20.8 Å². The Morgan fingerprint density at radius 2 is 2.05 bits per heavy atom. The zero-order chi connectivity index (χ0) is 14.5. The quantitative estimate of drug-likeness (QED) is 0.724. The molecule has 0 aromatic carbocycles. The molecule has 0 aliphatic heterocycles. The fourth-order valence-electron chi connectivity index (χ4n) is 1.89. The normalized spacial score (nSPS) is 14.3. The summed E-state index contributed by atoms with van der Waals surface area (Å²) >= 11 is 0. The number of carbonyl (C=O) groups excluding carboxylic acids is 1. The van der Waals surface area contributed by atoms with Crippen LogP contribution in [-0.4, -0.2) is 32.8 Å². The summed E-state index contributed by atoms with van der Waals surface area (Å²) in [7, 11) is 0. The van der Waals surface area contributed by atoms with Crippen molar-refractivity contribution in [3.8, 4) is 0 Å². The van der Waals surface area contributed by atoms with Crippen LogP contribution in [0.2, 0.25) is 0 Å². The molecular formula is C13H25N5O. The molecule has 1 atom stereocenters. The Bertz CT molecular complexity index is 429. The average Bonchev–Trinajstić information content (AvgIpc) is 2.78. The van der Waals surface area contributed by atoms with Crippen LogP contribution in [0.1, 0.15) is 45.8 Å². The zero-order valence-corrected chi connectivity index (χ0v) is 12.4. The van der Waals surface area contributed by atoms with Crippen LogP contribution < -0.4 is 11.1 Å². The first-order valence-electron chi connectivity index (χ1n) is 6.94. The highest BCUT2D eigenvalue weighted by Crippen LogP contribution is 2.10. The molecule has 1 aromatic heterocycles. The third-order valence-corrected chi connectivity index (χ3v) is 3.20. The molecule has 0 fully saturated rings. The second-order valence-corrected chi connectivity index (χ2v) is 4.93. The van der Waals surface area contributed by atoms with Crippen LogP contribution in [0, 0.1) is 0 Å². The summed E-state index contributed by atoms with van der Waals surface area (Å²) in [5, 5.41) is 7.64. The maximum absolute atomic E-state index is 11.7. The van der Waals surface area contributed by atoms with E-state index in [9.17, 15) is 4.79 Å². The molecule has 1 aromatic rings. The molecule has 0 aliphatic rings. The molecule has 108 valence electrons. The first kappa shape index (κ1) is 15.6. The molecule has 1 heterocycles. The number of primary amides is 1. The van der Waals surface area contributed by atoms with E-state index in [0.717, 1.165) is 37.5 Å². The van der Waals surface area contributed by atoms with E-state index in [1.165, 1.54) is 0 Å². The lowest BCUT2D eigenvalue weighted by Gasteiger charge is -2.27. The summed E-state index contributed by atoms with van der Waals surface area (Å²) in [4.78, 5) is 16.1. The molecule has 0 bridgehead atoms. The van der Waals surface area contributed by atoms with Crippen molar-refractivity contribution < 1.29 is 4.79 Å². The first-order valence-corrected chi connectivity index (χ1v) is 6.94. The van der Waals surface area contributed by atoms with Gasteiger partial charge >= 0.3 is 0 Å². The number of carbonyl (C=O) groups is 1. The zero-order valence-electron chi connectivity index (χ0n) is 12.4. The highest BCUT2D eigenvalue weighted by molar-refractivity contribution is 5.84. The lowest BCUT2D eigenvalue weighted by molar-refractivity contribution is -0.124. The van der Waals surface area contributed by atoms with Gasteiger partial charge in [-0.25, -0.2) is 9.67 Å². The Kier molecular flexibility index (Phi) is 5.47. The van der Waals surface area contributed by atoms with Crippen LogP contribution >= 0.6 is 0 Å². The molecular weight excluding hydrogens is 242 g/mol. The number of hydrogen-bond acceptors (Lipinski definition) is 4. The second-order valence-electron chi connectivity index (χ2n) is 4.93. The predicted octanol–water partition coefficient (Wildman–Crippen LogP) is 0.647. The van der Waals surface area contributed by atoms with Gasteiger partial charge in [-0.15, -0.1) is 0 Å². The first-order chi connectivity index (χ1) is 8.96. The molecule has 1 unspecified atom stereocenters. The number of amides is 1. The fraction of sp³-hybridized carbons (Fsp3) is 0.769. The van der Waals surface area contributed by atoms with Crippen LogP contribution in [0.3, 0.4) is 0 Å². The number of hydrogen-bond donors (Lipinski definition) is 2. The number of nitrogens with one attached hydrogen (secondary N) is 1. The Morgan fingerprint density at radius 3 is 2.53 bits per heavy atom. The topological polar surface area (TPSA) is 85.8 Å². The highest BCUT2D eigenvalue weighted by Gasteiger charge is 2.32. The number of nitrogens with two attached hydrogens (primary N) is 1. The molecule has 0 radical (unpaired) electrons.